The normalized spacial score (nSPS) is 11.0. The number of anilines is 2. The molecule has 0 saturated carbocycles. The average Bonchev–Trinajstić information content (AvgIpc) is 3.25. The molecule has 0 atom stereocenters. The van der Waals surface area contributed by atoms with Gasteiger partial charge in [-0.25, -0.2) is 4.79 Å². The second-order valence-corrected chi connectivity index (χ2v) is 6.88. The van der Waals surface area contributed by atoms with Crippen LogP contribution in [0.15, 0.2) is 56.7 Å². The highest BCUT2D eigenvalue weighted by atomic mass is 19.3. The van der Waals surface area contributed by atoms with Crippen molar-refractivity contribution in [2.24, 2.45) is 0 Å². The van der Waals surface area contributed by atoms with Crippen LogP contribution in [0.5, 0.6) is 5.75 Å². The lowest BCUT2D eigenvalue weighted by Gasteiger charge is -2.24. The summed E-state index contributed by atoms with van der Waals surface area (Å²) in [4.78, 5) is 41.6. The van der Waals surface area contributed by atoms with Crippen LogP contribution >= 0.6 is 0 Å². The molecule has 170 valence electrons. The molecule has 3 rings (SSSR count). The van der Waals surface area contributed by atoms with Crippen LogP contribution in [0.3, 0.4) is 0 Å². The van der Waals surface area contributed by atoms with E-state index in [2.05, 4.69) is 9.72 Å². The molecule has 0 aliphatic heterocycles. The molecule has 0 spiro atoms. The zero-order valence-electron chi connectivity index (χ0n) is 17.2. The van der Waals surface area contributed by atoms with Gasteiger partial charge in [-0.05, 0) is 36.8 Å². The Kier molecular flexibility index (Phi) is 7.08. The number of ether oxygens (including phenoxy) is 1. The van der Waals surface area contributed by atoms with E-state index in [0.29, 0.717) is 12.2 Å². The smallest absolute Gasteiger partial charge is 0.387 e. The van der Waals surface area contributed by atoms with Gasteiger partial charge in [0.1, 0.15) is 17.3 Å². The lowest BCUT2D eigenvalue weighted by Crippen LogP contribution is -2.41. The Hall–Kier alpha value is -3.89. The van der Waals surface area contributed by atoms with Crippen LogP contribution in [0.25, 0.3) is 0 Å². The molecule has 0 fully saturated rings. The Morgan fingerprint density at radius 2 is 2.06 bits per heavy atom. The van der Waals surface area contributed by atoms with E-state index in [1.54, 1.807) is 12.1 Å². The number of nitrogens with two attached hydrogens (primary N) is 1. The molecule has 0 aliphatic rings. The number of hydrogen-bond acceptors (Lipinski definition) is 6. The summed E-state index contributed by atoms with van der Waals surface area (Å²) in [5, 5.41) is 0. The Bertz CT molecular complexity index is 1190. The Labute approximate surface area is 181 Å². The van der Waals surface area contributed by atoms with Crippen LogP contribution in [0.1, 0.15) is 35.9 Å². The van der Waals surface area contributed by atoms with E-state index in [-0.39, 0.29) is 35.9 Å². The van der Waals surface area contributed by atoms with E-state index in [0.717, 1.165) is 17.4 Å². The molecule has 0 unspecified atom stereocenters. The monoisotopic (exact) mass is 448 g/mol. The van der Waals surface area contributed by atoms with E-state index in [9.17, 15) is 23.2 Å². The van der Waals surface area contributed by atoms with Gasteiger partial charge in [0.15, 0.2) is 5.69 Å². The number of aromatic nitrogens is 2. The van der Waals surface area contributed by atoms with Gasteiger partial charge in [0.25, 0.3) is 11.5 Å². The Balaban J connectivity index is 2.11. The van der Waals surface area contributed by atoms with Gasteiger partial charge in [-0.1, -0.05) is 19.4 Å². The van der Waals surface area contributed by atoms with E-state index >= 15 is 0 Å². The molecule has 32 heavy (non-hydrogen) atoms. The van der Waals surface area contributed by atoms with Gasteiger partial charge in [-0.2, -0.15) is 8.78 Å². The fourth-order valence-electron chi connectivity index (χ4n) is 3.15. The molecule has 9 nitrogen and oxygen atoms in total. The number of amides is 1. The first-order valence-electron chi connectivity index (χ1n) is 9.83. The summed E-state index contributed by atoms with van der Waals surface area (Å²) in [5.41, 5.74) is 4.33. The standard InChI is InChI=1S/C21H22F2N4O5/c1-2-3-9-26-17(24)16(18(28)25-21(26)30)27(12-15-8-5-10-31-15)19(29)13-6-4-7-14(11-13)32-20(22)23/h4-8,10-11,20H,2-3,9,12,24H2,1H3,(H,25,28,30). The van der Waals surface area contributed by atoms with Gasteiger partial charge in [0.05, 0.1) is 12.8 Å². The minimum atomic E-state index is -3.07. The molecule has 0 radical (unpaired) electrons. The Morgan fingerprint density at radius 3 is 2.72 bits per heavy atom. The van der Waals surface area contributed by atoms with Crippen molar-refractivity contribution in [2.75, 3.05) is 10.6 Å². The summed E-state index contributed by atoms with van der Waals surface area (Å²) in [5.74, 6) is -0.798. The molecule has 0 saturated heterocycles. The van der Waals surface area contributed by atoms with Gasteiger partial charge in [-0.3, -0.25) is 24.0 Å². The van der Waals surface area contributed by atoms with Crippen molar-refractivity contribution >= 4 is 17.4 Å². The van der Waals surface area contributed by atoms with Gasteiger partial charge < -0.3 is 14.9 Å². The van der Waals surface area contributed by atoms with Crippen LogP contribution in [0, 0.1) is 0 Å². The molecule has 1 amide bonds. The summed E-state index contributed by atoms with van der Waals surface area (Å²) < 4.78 is 36.0. The number of H-pyrrole nitrogens is 1. The van der Waals surface area contributed by atoms with Crippen LogP contribution in [0.2, 0.25) is 0 Å². The lowest BCUT2D eigenvalue weighted by atomic mass is 10.1. The van der Waals surface area contributed by atoms with Gasteiger partial charge in [0, 0.05) is 12.1 Å². The van der Waals surface area contributed by atoms with E-state index < -0.39 is 23.8 Å². The third kappa shape index (κ3) is 5.05. The number of carbonyl (C=O) groups excluding carboxylic acids is 1. The molecule has 0 bridgehead atoms. The van der Waals surface area contributed by atoms with Gasteiger partial charge in [-0.15, -0.1) is 0 Å². The van der Waals surface area contributed by atoms with Gasteiger partial charge in [0.2, 0.25) is 0 Å². The van der Waals surface area contributed by atoms with Crippen molar-refractivity contribution < 1.29 is 22.7 Å². The highest BCUT2D eigenvalue weighted by Gasteiger charge is 2.26. The molecule has 3 aromatic rings. The van der Waals surface area contributed by atoms with Crippen LogP contribution < -0.4 is 26.6 Å². The SMILES string of the molecule is CCCCn1c(N)c(N(Cc2ccco2)C(=O)c2cccc(OC(F)F)c2)c(=O)[nH]c1=O. The highest BCUT2D eigenvalue weighted by Crippen LogP contribution is 2.24. The topological polar surface area (TPSA) is 124 Å². The fraction of sp³-hybridized carbons (Fsp3) is 0.286. The molecular formula is C21H22F2N4O5. The minimum absolute atomic E-state index is 0.0279. The second kappa shape index (κ2) is 9.94. The Morgan fingerprint density at radius 1 is 1.28 bits per heavy atom. The molecule has 2 aromatic heterocycles. The van der Waals surface area contributed by atoms with Crippen LogP contribution in [0.4, 0.5) is 20.3 Å². The number of nitrogen functional groups attached to an aromatic ring is 1. The fourth-order valence-corrected chi connectivity index (χ4v) is 3.15. The maximum atomic E-state index is 13.4. The van der Waals surface area contributed by atoms with Crippen molar-refractivity contribution in [1.82, 2.24) is 9.55 Å². The van der Waals surface area contributed by atoms with E-state index in [4.69, 9.17) is 10.2 Å². The number of carbonyl (C=O) groups is 1. The van der Waals surface area contributed by atoms with Crippen molar-refractivity contribution in [3.8, 4) is 5.75 Å². The number of alkyl halides is 2. The maximum absolute atomic E-state index is 13.4. The predicted molar refractivity (Wildman–Crippen MR) is 113 cm³/mol. The van der Waals surface area contributed by atoms with Crippen molar-refractivity contribution in [3.05, 3.63) is 74.8 Å². The first-order chi connectivity index (χ1) is 15.3. The number of hydrogen-bond donors (Lipinski definition) is 2. The first-order valence-corrected chi connectivity index (χ1v) is 9.83. The number of nitrogens with one attached hydrogen (secondary N) is 1. The second-order valence-electron chi connectivity index (χ2n) is 6.88. The number of halogens is 2. The number of rotatable bonds is 9. The first kappa shape index (κ1) is 22.8. The van der Waals surface area contributed by atoms with Gasteiger partial charge >= 0.3 is 12.3 Å². The van der Waals surface area contributed by atoms with E-state index in [1.807, 2.05) is 6.92 Å². The van der Waals surface area contributed by atoms with Crippen LogP contribution in [-0.4, -0.2) is 22.1 Å². The largest absolute Gasteiger partial charge is 0.467 e. The average molecular weight is 448 g/mol. The van der Waals surface area contributed by atoms with Crippen molar-refractivity contribution in [1.29, 1.82) is 0 Å². The number of benzene rings is 1. The summed E-state index contributed by atoms with van der Waals surface area (Å²) >= 11 is 0. The molecule has 0 aliphatic carbocycles. The summed E-state index contributed by atoms with van der Waals surface area (Å²) in [6.07, 6.45) is 2.78. The summed E-state index contributed by atoms with van der Waals surface area (Å²) in [6.45, 7) is -1.09. The zero-order valence-corrected chi connectivity index (χ0v) is 17.2. The number of nitrogens with zero attached hydrogens (tertiary/aromatic N) is 2. The summed E-state index contributed by atoms with van der Waals surface area (Å²) in [6, 6.07) is 8.34. The zero-order chi connectivity index (χ0) is 23.3. The third-order valence-corrected chi connectivity index (χ3v) is 4.66. The lowest BCUT2D eigenvalue weighted by molar-refractivity contribution is -0.0498. The summed E-state index contributed by atoms with van der Waals surface area (Å²) in [7, 11) is 0. The predicted octanol–water partition coefficient (Wildman–Crippen LogP) is 2.96. The molecule has 2 heterocycles. The number of unbranched alkanes of at least 4 members (excludes halogenated alkanes) is 1. The molecular weight excluding hydrogens is 426 g/mol. The van der Waals surface area contributed by atoms with E-state index in [1.165, 1.54) is 29.0 Å². The molecule has 1 aromatic carbocycles. The van der Waals surface area contributed by atoms with Crippen LogP contribution in [-0.2, 0) is 13.1 Å². The quantitative estimate of drug-likeness (QED) is 0.519. The van der Waals surface area contributed by atoms with Crippen molar-refractivity contribution in [3.63, 3.8) is 0 Å². The third-order valence-electron chi connectivity index (χ3n) is 4.66. The maximum Gasteiger partial charge on any atom is 0.387 e. The molecule has 3 N–H and O–H groups in total. The number of aromatic amines is 1. The van der Waals surface area contributed by atoms with Crippen molar-refractivity contribution in [2.45, 2.75) is 39.5 Å². The molecule has 11 heteroatoms. The highest BCUT2D eigenvalue weighted by molar-refractivity contribution is 6.07. The minimum Gasteiger partial charge on any atom is -0.467 e. The number of furan rings is 1.